The van der Waals surface area contributed by atoms with Crippen LogP contribution in [0.5, 0.6) is 0 Å². The van der Waals surface area contributed by atoms with Crippen LogP contribution in [0.15, 0.2) is 0 Å². The summed E-state index contributed by atoms with van der Waals surface area (Å²) in [5.41, 5.74) is 0. The summed E-state index contributed by atoms with van der Waals surface area (Å²) in [5.74, 6) is 1.40. The predicted octanol–water partition coefficient (Wildman–Crippen LogP) is 1.42. The van der Waals surface area contributed by atoms with E-state index in [1.54, 1.807) is 0 Å². The first-order chi connectivity index (χ1) is 7.90. The molecule has 16 heavy (non-hydrogen) atoms. The number of hydrogen-bond acceptors (Lipinski definition) is 4. The summed E-state index contributed by atoms with van der Waals surface area (Å²) in [4.78, 5) is 13.2. The lowest BCUT2D eigenvalue weighted by Crippen LogP contribution is -2.27. The molecule has 1 aliphatic heterocycles. The van der Waals surface area contributed by atoms with Crippen LogP contribution in [0.2, 0.25) is 0 Å². The summed E-state index contributed by atoms with van der Waals surface area (Å²) in [6.07, 6.45) is 6.81. The van der Waals surface area contributed by atoms with Crippen molar-refractivity contribution < 1.29 is 4.79 Å². The average Bonchev–Trinajstić information content (AvgIpc) is 2.82. The van der Waals surface area contributed by atoms with Gasteiger partial charge < -0.3 is 4.90 Å². The van der Waals surface area contributed by atoms with Gasteiger partial charge in [0.25, 0.3) is 0 Å². The summed E-state index contributed by atoms with van der Waals surface area (Å²) in [7, 11) is 0. The maximum Gasteiger partial charge on any atom is 0.227 e. The summed E-state index contributed by atoms with van der Waals surface area (Å²) in [6.45, 7) is 2.09. The van der Waals surface area contributed by atoms with Crippen molar-refractivity contribution in [2.24, 2.45) is 0 Å². The van der Waals surface area contributed by atoms with Gasteiger partial charge >= 0.3 is 0 Å². The quantitative estimate of drug-likeness (QED) is 0.723. The van der Waals surface area contributed by atoms with Gasteiger partial charge in [-0.1, -0.05) is 0 Å². The zero-order valence-corrected chi connectivity index (χ0v) is 9.30. The van der Waals surface area contributed by atoms with Gasteiger partial charge in [0.1, 0.15) is 0 Å². The lowest BCUT2D eigenvalue weighted by Gasteiger charge is -2.30. The number of aldehydes is 1. The van der Waals surface area contributed by atoms with Crippen molar-refractivity contribution in [2.75, 3.05) is 18.0 Å². The smallest absolute Gasteiger partial charge is 0.227 e. The Morgan fingerprint density at radius 3 is 2.44 bits per heavy atom. The third kappa shape index (κ3) is 1.42. The van der Waals surface area contributed by atoms with E-state index in [0.717, 1.165) is 38.2 Å². The number of nitrogens with zero attached hydrogens (tertiary/aromatic N) is 4. The van der Waals surface area contributed by atoms with Gasteiger partial charge in [-0.05, 0) is 32.1 Å². The summed E-state index contributed by atoms with van der Waals surface area (Å²) >= 11 is 0. The standard InChI is InChI=1S/C11H16N4O/c16-8-10-12-13-11(14-6-1-2-7-14)15(10)9-4-3-5-9/h8-9H,1-7H2. The largest absolute Gasteiger partial charge is 0.341 e. The first-order valence-corrected chi connectivity index (χ1v) is 6.05. The van der Waals surface area contributed by atoms with E-state index in [1.165, 1.54) is 19.3 Å². The van der Waals surface area contributed by atoms with E-state index in [0.29, 0.717) is 11.9 Å². The van der Waals surface area contributed by atoms with E-state index in [2.05, 4.69) is 15.1 Å². The molecular formula is C11H16N4O. The topological polar surface area (TPSA) is 51.0 Å². The Bertz CT molecular complexity index is 391. The lowest BCUT2D eigenvalue weighted by molar-refractivity contribution is 0.110. The molecule has 0 radical (unpaired) electrons. The molecule has 0 aromatic carbocycles. The van der Waals surface area contributed by atoms with Crippen LogP contribution in [0.3, 0.4) is 0 Å². The van der Waals surface area contributed by atoms with Crippen LogP contribution < -0.4 is 4.90 Å². The van der Waals surface area contributed by atoms with Gasteiger partial charge in [-0.2, -0.15) is 0 Å². The van der Waals surface area contributed by atoms with Crippen LogP contribution in [-0.2, 0) is 0 Å². The van der Waals surface area contributed by atoms with E-state index in [9.17, 15) is 4.79 Å². The minimum atomic E-state index is 0.450. The zero-order chi connectivity index (χ0) is 11.0. The molecule has 2 fully saturated rings. The average molecular weight is 220 g/mol. The molecule has 1 saturated heterocycles. The van der Waals surface area contributed by atoms with E-state index in [4.69, 9.17) is 0 Å². The van der Waals surface area contributed by atoms with Gasteiger partial charge in [0.05, 0.1) is 0 Å². The Morgan fingerprint density at radius 2 is 1.88 bits per heavy atom. The van der Waals surface area contributed by atoms with Gasteiger partial charge in [-0.3, -0.25) is 9.36 Å². The van der Waals surface area contributed by atoms with E-state index in [-0.39, 0.29) is 0 Å². The highest BCUT2D eigenvalue weighted by Crippen LogP contribution is 2.35. The van der Waals surface area contributed by atoms with E-state index < -0.39 is 0 Å². The van der Waals surface area contributed by atoms with Crippen molar-refractivity contribution in [3.63, 3.8) is 0 Å². The third-order valence-electron chi connectivity index (χ3n) is 3.64. The van der Waals surface area contributed by atoms with Crippen molar-refractivity contribution >= 4 is 12.2 Å². The first-order valence-electron chi connectivity index (χ1n) is 6.05. The van der Waals surface area contributed by atoms with Crippen molar-refractivity contribution in [1.82, 2.24) is 14.8 Å². The summed E-state index contributed by atoms with van der Waals surface area (Å²) in [6, 6.07) is 0.450. The number of rotatable bonds is 3. The fourth-order valence-corrected chi connectivity index (χ4v) is 2.50. The molecule has 3 rings (SSSR count). The second kappa shape index (κ2) is 3.88. The molecule has 2 aliphatic rings. The Hall–Kier alpha value is -1.39. The molecule has 0 spiro atoms. The van der Waals surface area contributed by atoms with Crippen LogP contribution in [0.25, 0.3) is 0 Å². The highest BCUT2D eigenvalue weighted by Gasteiger charge is 2.28. The summed E-state index contributed by atoms with van der Waals surface area (Å²) < 4.78 is 2.04. The minimum Gasteiger partial charge on any atom is -0.341 e. The fraction of sp³-hybridized carbons (Fsp3) is 0.727. The number of anilines is 1. The predicted molar refractivity (Wildman–Crippen MR) is 59.7 cm³/mol. The Morgan fingerprint density at radius 1 is 1.12 bits per heavy atom. The van der Waals surface area contributed by atoms with Crippen LogP contribution in [-0.4, -0.2) is 34.1 Å². The number of carbonyl (C=O) groups is 1. The molecule has 1 aromatic heterocycles. The number of hydrogen-bond donors (Lipinski definition) is 0. The maximum absolute atomic E-state index is 11.0. The molecule has 5 heteroatoms. The summed E-state index contributed by atoms with van der Waals surface area (Å²) in [5, 5.41) is 8.16. The zero-order valence-electron chi connectivity index (χ0n) is 9.30. The van der Waals surface area contributed by atoms with Crippen molar-refractivity contribution in [3.8, 4) is 0 Å². The Labute approximate surface area is 94.5 Å². The molecule has 0 bridgehead atoms. The highest BCUT2D eigenvalue weighted by molar-refractivity contribution is 5.70. The molecule has 0 unspecified atom stereocenters. The van der Waals surface area contributed by atoms with Crippen molar-refractivity contribution in [3.05, 3.63) is 5.82 Å². The molecule has 0 N–H and O–H groups in total. The van der Waals surface area contributed by atoms with Crippen molar-refractivity contribution in [2.45, 2.75) is 38.1 Å². The molecule has 5 nitrogen and oxygen atoms in total. The second-order valence-corrected chi connectivity index (χ2v) is 4.62. The Balaban J connectivity index is 1.96. The minimum absolute atomic E-state index is 0.450. The number of carbonyl (C=O) groups excluding carboxylic acids is 1. The molecule has 86 valence electrons. The van der Waals surface area contributed by atoms with Gasteiger partial charge in [0, 0.05) is 19.1 Å². The van der Waals surface area contributed by atoms with Gasteiger partial charge in [-0.15, -0.1) is 10.2 Å². The van der Waals surface area contributed by atoms with Crippen LogP contribution in [0.4, 0.5) is 5.95 Å². The van der Waals surface area contributed by atoms with Crippen molar-refractivity contribution in [1.29, 1.82) is 0 Å². The first kappa shape index (κ1) is 9.81. The third-order valence-corrected chi connectivity index (χ3v) is 3.64. The van der Waals surface area contributed by atoms with Gasteiger partial charge in [0.2, 0.25) is 5.95 Å². The van der Waals surface area contributed by atoms with Crippen LogP contribution >= 0.6 is 0 Å². The lowest BCUT2D eigenvalue weighted by atomic mass is 9.93. The van der Waals surface area contributed by atoms with Crippen LogP contribution in [0.1, 0.15) is 48.8 Å². The SMILES string of the molecule is O=Cc1nnc(N2CCCC2)n1C1CCC1. The second-order valence-electron chi connectivity index (χ2n) is 4.62. The molecule has 1 saturated carbocycles. The molecule has 1 aliphatic carbocycles. The van der Waals surface area contributed by atoms with Crippen LogP contribution in [0, 0.1) is 0 Å². The van der Waals surface area contributed by atoms with Gasteiger partial charge in [0.15, 0.2) is 12.1 Å². The van der Waals surface area contributed by atoms with Gasteiger partial charge in [-0.25, -0.2) is 0 Å². The Kier molecular flexibility index (Phi) is 2.38. The maximum atomic E-state index is 11.0. The molecule has 2 heterocycles. The number of aromatic nitrogens is 3. The molecular weight excluding hydrogens is 204 g/mol. The van der Waals surface area contributed by atoms with E-state index in [1.807, 2.05) is 4.57 Å². The molecule has 0 atom stereocenters. The molecule has 0 amide bonds. The fourth-order valence-electron chi connectivity index (χ4n) is 2.50. The molecule has 1 aromatic rings. The van der Waals surface area contributed by atoms with E-state index >= 15 is 0 Å². The highest BCUT2D eigenvalue weighted by atomic mass is 16.1. The monoisotopic (exact) mass is 220 g/mol. The normalized spacial score (nSPS) is 21.1.